The molecule has 1 unspecified atom stereocenters. The monoisotopic (exact) mass is 420 g/mol. The van der Waals surface area contributed by atoms with Crippen LogP contribution in [0.2, 0.25) is 0 Å². The molecule has 2 aromatic heterocycles. The molecule has 1 aromatic carbocycles. The van der Waals surface area contributed by atoms with E-state index in [-0.39, 0.29) is 11.8 Å². The Morgan fingerprint density at radius 3 is 2.73 bits per heavy atom. The predicted octanol–water partition coefficient (Wildman–Crippen LogP) is 5.40. The molecule has 0 spiro atoms. The van der Waals surface area contributed by atoms with Gasteiger partial charge in [0, 0.05) is 18.8 Å². The summed E-state index contributed by atoms with van der Waals surface area (Å²) in [4.78, 5) is 16.1. The first-order chi connectivity index (χ1) is 14.7. The Hall–Kier alpha value is -2.73. The Morgan fingerprint density at radius 2 is 2.03 bits per heavy atom. The van der Waals surface area contributed by atoms with Crippen molar-refractivity contribution in [1.29, 1.82) is 0 Å². The van der Waals surface area contributed by atoms with Gasteiger partial charge in [0.2, 0.25) is 5.91 Å². The normalized spacial score (nSPS) is 16.4. The molecule has 3 heterocycles. The molecule has 0 saturated carbocycles. The largest absolute Gasteiger partial charge is 0.354 e. The molecule has 156 valence electrons. The highest BCUT2D eigenvalue weighted by Crippen LogP contribution is 2.26. The van der Waals surface area contributed by atoms with Gasteiger partial charge in [-0.15, -0.1) is 21.5 Å². The molecule has 1 aliphatic heterocycles. The number of benzene rings is 1. The van der Waals surface area contributed by atoms with Crippen molar-refractivity contribution in [3.8, 4) is 10.6 Å². The van der Waals surface area contributed by atoms with Crippen LogP contribution in [0.4, 0.5) is 11.5 Å². The lowest BCUT2D eigenvalue weighted by atomic mass is 9.97. The third-order valence-electron chi connectivity index (χ3n) is 5.58. The topological polar surface area (TPSA) is 58.1 Å². The van der Waals surface area contributed by atoms with Crippen molar-refractivity contribution in [2.75, 3.05) is 23.3 Å². The summed E-state index contributed by atoms with van der Waals surface area (Å²) in [5, 5.41) is 13.9. The minimum Gasteiger partial charge on any atom is -0.354 e. The third-order valence-corrected chi connectivity index (χ3v) is 6.47. The van der Waals surface area contributed by atoms with Gasteiger partial charge in [-0.1, -0.05) is 31.5 Å². The summed E-state index contributed by atoms with van der Waals surface area (Å²) in [6, 6.07) is 16.3. The Morgan fingerprint density at radius 1 is 1.17 bits per heavy atom. The molecule has 0 radical (unpaired) electrons. The zero-order chi connectivity index (χ0) is 20.8. The van der Waals surface area contributed by atoms with Crippen LogP contribution in [-0.4, -0.2) is 29.2 Å². The van der Waals surface area contributed by atoms with Gasteiger partial charge in [0.1, 0.15) is 5.69 Å². The van der Waals surface area contributed by atoms with Gasteiger partial charge in [0.05, 0.1) is 10.8 Å². The molecule has 0 aliphatic carbocycles. The summed E-state index contributed by atoms with van der Waals surface area (Å²) in [6.07, 6.45) is 5.35. The van der Waals surface area contributed by atoms with Crippen molar-refractivity contribution >= 4 is 28.7 Å². The molecular weight excluding hydrogens is 392 g/mol. The van der Waals surface area contributed by atoms with Gasteiger partial charge >= 0.3 is 0 Å². The number of hydrogen-bond acceptors (Lipinski definition) is 5. The molecular formula is C24H28N4OS. The number of aryl methyl sites for hydroxylation is 1. The molecule has 1 saturated heterocycles. The molecule has 1 fully saturated rings. The van der Waals surface area contributed by atoms with Crippen LogP contribution in [0, 0.1) is 5.92 Å². The number of nitrogens with zero attached hydrogens (tertiary/aromatic N) is 3. The van der Waals surface area contributed by atoms with Crippen LogP contribution in [0.1, 0.15) is 38.2 Å². The number of aromatic nitrogens is 2. The van der Waals surface area contributed by atoms with Crippen molar-refractivity contribution < 1.29 is 4.79 Å². The van der Waals surface area contributed by atoms with E-state index in [1.54, 1.807) is 11.3 Å². The SMILES string of the molecule is CCCCc1ccc(NC(=O)C2CCCN(c3ccc(-c4cccs4)nn3)C2)cc1. The Kier molecular flexibility index (Phi) is 6.74. The van der Waals surface area contributed by atoms with Gasteiger partial charge < -0.3 is 10.2 Å². The van der Waals surface area contributed by atoms with E-state index in [1.807, 2.05) is 41.8 Å². The molecule has 0 bridgehead atoms. The quantitative estimate of drug-likeness (QED) is 0.556. The first kappa shape index (κ1) is 20.5. The fourth-order valence-corrected chi connectivity index (χ4v) is 4.52. The lowest BCUT2D eigenvalue weighted by Crippen LogP contribution is -2.41. The van der Waals surface area contributed by atoms with Crippen LogP contribution in [0.5, 0.6) is 0 Å². The van der Waals surface area contributed by atoms with Crippen LogP contribution in [0.15, 0.2) is 53.9 Å². The first-order valence-corrected chi connectivity index (χ1v) is 11.6. The van der Waals surface area contributed by atoms with Gasteiger partial charge in [0.15, 0.2) is 5.82 Å². The molecule has 1 N–H and O–H groups in total. The number of unbranched alkanes of at least 4 members (excludes halogenated alkanes) is 1. The van der Waals surface area contributed by atoms with Gasteiger partial charge in [-0.2, -0.15) is 0 Å². The van der Waals surface area contributed by atoms with Gasteiger partial charge in [-0.25, -0.2) is 0 Å². The lowest BCUT2D eigenvalue weighted by molar-refractivity contribution is -0.120. The lowest BCUT2D eigenvalue weighted by Gasteiger charge is -2.32. The molecule has 1 atom stereocenters. The maximum Gasteiger partial charge on any atom is 0.229 e. The van der Waals surface area contributed by atoms with Crippen molar-refractivity contribution in [1.82, 2.24) is 10.2 Å². The molecule has 30 heavy (non-hydrogen) atoms. The molecule has 1 aliphatic rings. The summed E-state index contributed by atoms with van der Waals surface area (Å²) < 4.78 is 0. The van der Waals surface area contributed by atoms with Crippen molar-refractivity contribution in [3.63, 3.8) is 0 Å². The van der Waals surface area contributed by atoms with E-state index in [0.717, 1.165) is 47.9 Å². The van der Waals surface area contributed by atoms with Crippen LogP contribution in [-0.2, 0) is 11.2 Å². The Balaban J connectivity index is 1.35. The first-order valence-electron chi connectivity index (χ1n) is 10.8. The molecule has 1 amide bonds. The Labute approximate surface area is 182 Å². The highest BCUT2D eigenvalue weighted by molar-refractivity contribution is 7.13. The summed E-state index contributed by atoms with van der Waals surface area (Å²) in [5.74, 6) is 0.884. The molecule has 4 rings (SSSR count). The number of carbonyl (C=O) groups excluding carboxylic acids is 1. The predicted molar refractivity (Wildman–Crippen MR) is 124 cm³/mol. The summed E-state index contributed by atoms with van der Waals surface area (Å²) in [6.45, 7) is 3.78. The van der Waals surface area contributed by atoms with E-state index in [0.29, 0.717) is 6.54 Å². The van der Waals surface area contributed by atoms with Crippen molar-refractivity contribution in [2.24, 2.45) is 5.92 Å². The number of anilines is 2. The van der Waals surface area contributed by atoms with E-state index in [1.165, 1.54) is 18.4 Å². The fourth-order valence-electron chi connectivity index (χ4n) is 3.83. The van der Waals surface area contributed by atoms with E-state index < -0.39 is 0 Å². The highest BCUT2D eigenvalue weighted by Gasteiger charge is 2.27. The maximum atomic E-state index is 12.8. The van der Waals surface area contributed by atoms with E-state index in [9.17, 15) is 4.79 Å². The second-order valence-corrected chi connectivity index (χ2v) is 8.78. The third kappa shape index (κ3) is 5.05. The van der Waals surface area contributed by atoms with Crippen molar-refractivity contribution in [3.05, 3.63) is 59.5 Å². The van der Waals surface area contributed by atoms with E-state index in [4.69, 9.17) is 0 Å². The van der Waals surface area contributed by atoms with Gasteiger partial charge in [0.25, 0.3) is 0 Å². The van der Waals surface area contributed by atoms with Gasteiger partial charge in [-0.05, 0) is 67.0 Å². The number of amides is 1. The standard InChI is InChI=1S/C24H28N4OS/c1-2-3-6-18-9-11-20(12-10-18)25-24(29)19-7-4-15-28(17-19)23-14-13-21(26-27-23)22-8-5-16-30-22/h5,8-14,16,19H,2-4,6-7,15,17H2,1H3,(H,25,29). The number of carbonyl (C=O) groups is 1. The molecule has 5 nitrogen and oxygen atoms in total. The fraction of sp³-hybridized carbons (Fsp3) is 0.375. The number of rotatable bonds is 7. The van der Waals surface area contributed by atoms with E-state index >= 15 is 0 Å². The van der Waals surface area contributed by atoms with Gasteiger partial charge in [-0.3, -0.25) is 4.79 Å². The number of nitrogens with one attached hydrogen (secondary N) is 1. The van der Waals surface area contributed by atoms with Crippen LogP contribution in [0.25, 0.3) is 10.6 Å². The average molecular weight is 421 g/mol. The number of thiophene rings is 1. The average Bonchev–Trinajstić information content (AvgIpc) is 3.34. The molecule has 6 heteroatoms. The zero-order valence-electron chi connectivity index (χ0n) is 17.4. The smallest absolute Gasteiger partial charge is 0.229 e. The second-order valence-electron chi connectivity index (χ2n) is 7.83. The second kappa shape index (κ2) is 9.85. The molecule has 3 aromatic rings. The van der Waals surface area contributed by atoms with Crippen LogP contribution >= 0.6 is 11.3 Å². The summed E-state index contributed by atoms with van der Waals surface area (Å²) in [5.41, 5.74) is 3.09. The maximum absolute atomic E-state index is 12.8. The minimum absolute atomic E-state index is 0.0442. The van der Waals surface area contributed by atoms with Crippen LogP contribution < -0.4 is 10.2 Å². The summed E-state index contributed by atoms with van der Waals surface area (Å²) in [7, 11) is 0. The highest BCUT2D eigenvalue weighted by atomic mass is 32.1. The zero-order valence-corrected chi connectivity index (χ0v) is 18.2. The number of hydrogen-bond donors (Lipinski definition) is 1. The van der Waals surface area contributed by atoms with Crippen molar-refractivity contribution in [2.45, 2.75) is 39.0 Å². The summed E-state index contributed by atoms with van der Waals surface area (Å²) >= 11 is 1.66. The van der Waals surface area contributed by atoms with E-state index in [2.05, 4.69) is 39.5 Å². The number of piperidine rings is 1. The van der Waals surface area contributed by atoms with Crippen LogP contribution in [0.3, 0.4) is 0 Å². The minimum atomic E-state index is -0.0442. The Bertz CT molecular complexity index is 938.